The highest BCUT2D eigenvalue weighted by Crippen LogP contribution is 2.31. The Labute approximate surface area is 178 Å². The second-order valence-electron chi connectivity index (χ2n) is 7.92. The fraction of sp³-hybridized carbons (Fsp3) is 0.636. The van der Waals surface area contributed by atoms with Gasteiger partial charge in [-0.05, 0) is 38.0 Å². The summed E-state index contributed by atoms with van der Waals surface area (Å²) < 4.78 is 16.0. The predicted octanol–water partition coefficient (Wildman–Crippen LogP) is 1.16. The molecule has 2 aliphatic heterocycles. The van der Waals surface area contributed by atoms with Gasteiger partial charge < -0.3 is 29.3 Å². The fourth-order valence-electron chi connectivity index (χ4n) is 4.52. The molecule has 2 atom stereocenters. The van der Waals surface area contributed by atoms with Crippen molar-refractivity contribution < 1.29 is 28.7 Å². The number of nitrogens with zero attached hydrogens (tertiary/aromatic N) is 1. The van der Waals surface area contributed by atoms with Crippen molar-refractivity contribution in [3.63, 3.8) is 0 Å². The van der Waals surface area contributed by atoms with E-state index in [0.29, 0.717) is 26.2 Å². The number of quaternary nitrogens is 1. The van der Waals surface area contributed by atoms with Gasteiger partial charge in [-0.3, -0.25) is 4.79 Å². The Morgan fingerprint density at radius 3 is 2.60 bits per heavy atom. The molecule has 0 bridgehead atoms. The minimum Gasteiger partial charge on any atom is -0.497 e. The average Bonchev–Trinajstić information content (AvgIpc) is 3.21. The van der Waals surface area contributed by atoms with Crippen LogP contribution < -0.4 is 19.7 Å². The third kappa shape index (κ3) is 5.36. The molecular weight excluding hydrogens is 386 g/mol. The first-order valence-electron chi connectivity index (χ1n) is 10.8. The molecule has 2 N–H and O–H groups in total. The number of rotatable bonds is 7. The first kappa shape index (κ1) is 22.2. The summed E-state index contributed by atoms with van der Waals surface area (Å²) in [5.74, 6) is 1.70. The maximum atomic E-state index is 12.7. The normalized spacial score (nSPS) is 21.9. The smallest absolute Gasteiger partial charge is 0.409 e. The van der Waals surface area contributed by atoms with Crippen LogP contribution in [-0.4, -0.2) is 69.9 Å². The molecule has 8 heteroatoms. The molecule has 8 nitrogen and oxygen atoms in total. The minimum absolute atomic E-state index is 0.0633. The summed E-state index contributed by atoms with van der Waals surface area (Å²) in [6.07, 6.45) is 3.34. The van der Waals surface area contributed by atoms with Crippen LogP contribution >= 0.6 is 0 Å². The van der Waals surface area contributed by atoms with Gasteiger partial charge in [-0.25, -0.2) is 4.79 Å². The number of benzene rings is 1. The van der Waals surface area contributed by atoms with Crippen molar-refractivity contribution in [1.82, 2.24) is 10.2 Å². The number of piperidine rings is 1. The van der Waals surface area contributed by atoms with Gasteiger partial charge in [0.2, 0.25) is 0 Å². The Kier molecular flexibility index (Phi) is 7.79. The summed E-state index contributed by atoms with van der Waals surface area (Å²) in [6, 6.07) is 6.17. The highest BCUT2D eigenvalue weighted by molar-refractivity contribution is 5.77. The Hall–Kier alpha value is -2.48. The number of likely N-dealkylation sites (tertiary alicyclic amines) is 2. The van der Waals surface area contributed by atoms with Gasteiger partial charge in [-0.15, -0.1) is 0 Å². The number of hydrogen-bond donors (Lipinski definition) is 2. The molecule has 1 unspecified atom stereocenters. The lowest BCUT2D eigenvalue weighted by Crippen LogP contribution is -3.11. The number of methoxy groups -OCH3 is 2. The molecule has 1 aromatic rings. The summed E-state index contributed by atoms with van der Waals surface area (Å²) in [5, 5.41) is 3.17. The van der Waals surface area contributed by atoms with Gasteiger partial charge in [0.05, 0.1) is 32.9 Å². The Morgan fingerprint density at radius 2 is 1.93 bits per heavy atom. The maximum Gasteiger partial charge on any atom is 0.409 e. The average molecular weight is 421 g/mol. The molecule has 2 amide bonds. The lowest BCUT2D eigenvalue weighted by Gasteiger charge is -2.32. The van der Waals surface area contributed by atoms with Gasteiger partial charge in [-0.2, -0.15) is 0 Å². The second-order valence-corrected chi connectivity index (χ2v) is 7.92. The highest BCUT2D eigenvalue weighted by Gasteiger charge is 2.34. The van der Waals surface area contributed by atoms with Gasteiger partial charge in [0, 0.05) is 32.0 Å². The van der Waals surface area contributed by atoms with E-state index < -0.39 is 0 Å². The Balaban J connectivity index is 1.55. The SMILES string of the molecule is CCOC(=O)N1CCC(NC(=O)C[NH+]2CCC[C@@H]2c2cc(OC)ccc2OC)CC1. The molecule has 0 radical (unpaired) electrons. The van der Waals surface area contributed by atoms with E-state index >= 15 is 0 Å². The standard InChI is InChI=1S/C22H33N3O5/c1-4-30-22(27)24-12-9-16(10-13-24)23-21(26)15-25-11-5-6-19(25)18-14-17(28-2)7-8-20(18)29-3/h7-8,14,16,19H,4-6,9-13,15H2,1-3H3,(H,23,26)/p+1/t19-/m1/s1. The van der Waals surface area contributed by atoms with Gasteiger partial charge in [-0.1, -0.05) is 0 Å². The molecule has 2 saturated heterocycles. The van der Waals surface area contributed by atoms with Gasteiger partial charge in [0.25, 0.3) is 5.91 Å². The van der Waals surface area contributed by atoms with Crippen LogP contribution in [0.1, 0.15) is 44.2 Å². The molecule has 0 aliphatic carbocycles. The summed E-state index contributed by atoms with van der Waals surface area (Å²) >= 11 is 0. The molecule has 0 aromatic heterocycles. The largest absolute Gasteiger partial charge is 0.497 e. The monoisotopic (exact) mass is 420 g/mol. The number of carbonyl (C=O) groups is 2. The van der Waals surface area contributed by atoms with Crippen molar-refractivity contribution >= 4 is 12.0 Å². The van der Waals surface area contributed by atoms with Crippen LogP contribution in [0.25, 0.3) is 0 Å². The van der Waals surface area contributed by atoms with E-state index in [4.69, 9.17) is 14.2 Å². The topological polar surface area (TPSA) is 81.5 Å². The number of ether oxygens (including phenoxy) is 3. The zero-order chi connectivity index (χ0) is 21.5. The second kappa shape index (κ2) is 10.5. The van der Waals surface area contributed by atoms with Crippen molar-refractivity contribution in [3.8, 4) is 11.5 Å². The fourth-order valence-corrected chi connectivity index (χ4v) is 4.52. The lowest BCUT2D eigenvalue weighted by atomic mass is 10.0. The molecule has 0 saturated carbocycles. The van der Waals surface area contributed by atoms with E-state index in [1.165, 1.54) is 4.90 Å². The predicted molar refractivity (Wildman–Crippen MR) is 112 cm³/mol. The van der Waals surface area contributed by atoms with E-state index in [-0.39, 0.29) is 24.1 Å². The third-order valence-electron chi connectivity index (χ3n) is 6.07. The first-order chi connectivity index (χ1) is 14.5. The molecule has 0 spiro atoms. The molecule has 1 aromatic carbocycles. The van der Waals surface area contributed by atoms with Crippen LogP contribution in [0.2, 0.25) is 0 Å². The minimum atomic E-state index is -0.265. The summed E-state index contributed by atoms with van der Waals surface area (Å²) in [5.41, 5.74) is 1.10. The molecule has 3 rings (SSSR count). The lowest BCUT2D eigenvalue weighted by molar-refractivity contribution is -0.910. The first-order valence-corrected chi connectivity index (χ1v) is 10.8. The maximum absolute atomic E-state index is 12.7. The summed E-state index contributed by atoms with van der Waals surface area (Å²) in [6.45, 7) is 4.81. The molecule has 2 fully saturated rings. The van der Waals surface area contributed by atoms with Crippen molar-refractivity contribution in [2.45, 2.75) is 44.7 Å². The number of nitrogens with one attached hydrogen (secondary N) is 2. The van der Waals surface area contributed by atoms with E-state index in [1.807, 2.05) is 18.2 Å². The summed E-state index contributed by atoms with van der Waals surface area (Å²) in [4.78, 5) is 27.5. The van der Waals surface area contributed by atoms with Gasteiger partial charge in [0.15, 0.2) is 6.54 Å². The Morgan fingerprint density at radius 1 is 1.17 bits per heavy atom. The van der Waals surface area contributed by atoms with Crippen LogP contribution in [0.4, 0.5) is 4.79 Å². The molecule has 2 aliphatic rings. The van der Waals surface area contributed by atoms with Crippen molar-refractivity contribution in [2.24, 2.45) is 0 Å². The molecule has 166 valence electrons. The van der Waals surface area contributed by atoms with E-state index in [0.717, 1.165) is 49.3 Å². The van der Waals surface area contributed by atoms with Crippen LogP contribution in [-0.2, 0) is 9.53 Å². The van der Waals surface area contributed by atoms with Crippen LogP contribution in [0.15, 0.2) is 18.2 Å². The number of hydrogen-bond acceptors (Lipinski definition) is 5. The van der Waals surface area contributed by atoms with Crippen LogP contribution in [0, 0.1) is 0 Å². The molecule has 30 heavy (non-hydrogen) atoms. The van der Waals surface area contributed by atoms with Crippen molar-refractivity contribution in [1.29, 1.82) is 0 Å². The zero-order valence-corrected chi connectivity index (χ0v) is 18.2. The van der Waals surface area contributed by atoms with Crippen molar-refractivity contribution in [2.75, 3.05) is 47.0 Å². The van der Waals surface area contributed by atoms with Gasteiger partial charge in [0.1, 0.15) is 17.5 Å². The van der Waals surface area contributed by atoms with E-state index in [9.17, 15) is 9.59 Å². The van der Waals surface area contributed by atoms with Crippen LogP contribution in [0.5, 0.6) is 11.5 Å². The van der Waals surface area contributed by atoms with E-state index in [1.54, 1.807) is 26.0 Å². The molecule has 2 heterocycles. The Bertz CT molecular complexity index is 733. The van der Waals surface area contributed by atoms with Crippen molar-refractivity contribution in [3.05, 3.63) is 23.8 Å². The van der Waals surface area contributed by atoms with E-state index in [2.05, 4.69) is 5.32 Å². The van der Waals surface area contributed by atoms with Gasteiger partial charge >= 0.3 is 6.09 Å². The van der Waals surface area contributed by atoms with Crippen LogP contribution in [0.3, 0.4) is 0 Å². The molecular formula is C22H34N3O5+. The third-order valence-corrected chi connectivity index (χ3v) is 6.07. The zero-order valence-electron chi connectivity index (χ0n) is 18.2. The number of amides is 2. The highest BCUT2D eigenvalue weighted by atomic mass is 16.6. The number of carbonyl (C=O) groups excluding carboxylic acids is 2. The summed E-state index contributed by atoms with van der Waals surface area (Å²) in [7, 11) is 3.33. The quantitative estimate of drug-likeness (QED) is 0.692.